The largest absolute Gasteiger partial charge is 0.0842 e. The smallest absolute Gasteiger partial charge is 0.0673 e. The number of rotatable bonds is 2. The highest BCUT2D eigenvalue weighted by molar-refractivity contribution is 14.1. The third-order valence-electron chi connectivity index (χ3n) is 5.93. The molecule has 3 aliphatic carbocycles. The van der Waals surface area contributed by atoms with E-state index in [1.807, 2.05) is 0 Å². The van der Waals surface area contributed by atoms with Gasteiger partial charge in [0.15, 0.2) is 0 Å². The first-order chi connectivity index (χ1) is 12.8. The summed E-state index contributed by atoms with van der Waals surface area (Å²) < 4.78 is 1.31. The van der Waals surface area contributed by atoms with E-state index in [-0.39, 0.29) is 5.41 Å². The Balaban J connectivity index is 1.91. The molecule has 128 valence electrons. The minimum atomic E-state index is -0.130. The molecular weight excluding hydrogens is 427 g/mol. The molecule has 1 atom stereocenters. The molecule has 1 unspecified atom stereocenters. The number of hydrogen-bond acceptors (Lipinski definition) is 0. The van der Waals surface area contributed by atoms with Crippen LogP contribution in [0, 0.1) is 3.57 Å². The third kappa shape index (κ3) is 2.26. The number of allylic oxidation sites excluding steroid dienone is 8. The van der Waals surface area contributed by atoms with Gasteiger partial charge in [0.2, 0.25) is 0 Å². The molecule has 5 rings (SSSR count). The van der Waals surface area contributed by atoms with Crippen LogP contribution in [-0.2, 0) is 5.41 Å². The van der Waals surface area contributed by atoms with Gasteiger partial charge in [0.25, 0.3) is 0 Å². The second kappa shape index (κ2) is 6.38. The number of benzene rings is 2. The molecule has 26 heavy (non-hydrogen) atoms. The first-order valence-electron chi connectivity index (χ1n) is 9.45. The summed E-state index contributed by atoms with van der Waals surface area (Å²) >= 11 is 2.46. The lowest BCUT2D eigenvalue weighted by atomic mass is 9.64. The zero-order valence-corrected chi connectivity index (χ0v) is 16.9. The predicted octanol–water partition coefficient (Wildman–Crippen LogP) is 7.11. The van der Waals surface area contributed by atoms with Crippen LogP contribution in [0.4, 0.5) is 0 Å². The van der Waals surface area contributed by atoms with Crippen LogP contribution in [0.3, 0.4) is 0 Å². The molecule has 2 aromatic rings. The van der Waals surface area contributed by atoms with Crippen molar-refractivity contribution in [1.82, 2.24) is 0 Å². The van der Waals surface area contributed by atoms with Crippen molar-refractivity contribution in [2.75, 3.05) is 0 Å². The van der Waals surface area contributed by atoms with Crippen LogP contribution in [0.5, 0.6) is 0 Å². The van der Waals surface area contributed by atoms with Crippen LogP contribution in [0.25, 0.3) is 11.1 Å². The monoisotopic (exact) mass is 448 g/mol. The molecule has 0 radical (unpaired) electrons. The SMILES string of the molecule is Ic1ccc2c(c1)C(C1=CCCC=C1)(C1=CC=CCC1)c1ccccc1-2. The quantitative estimate of drug-likeness (QED) is 0.430. The van der Waals surface area contributed by atoms with E-state index in [0.717, 1.165) is 25.7 Å². The van der Waals surface area contributed by atoms with E-state index >= 15 is 0 Å². The standard InChI is InChI=1S/C25H21I/c26-20-15-16-22-21-13-7-8-14-23(21)25(24(22)17-20,18-9-3-1-4-10-18)19-11-5-2-6-12-19/h1,3,5,7-9,11-17H,2,4,6,10H2. The molecule has 3 aliphatic rings. The van der Waals surface area contributed by atoms with E-state index in [1.165, 1.54) is 37.0 Å². The van der Waals surface area contributed by atoms with Gasteiger partial charge < -0.3 is 0 Å². The van der Waals surface area contributed by atoms with Gasteiger partial charge in [-0.15, -0.1) is 0 Å². The first-order valence-corrected chi connectivity index (χ1v) is 10.5. The van der Waals surface area contributed by atoms with E-state index in [2.05, 4.69) is 102 Å². The first kappa shape index (κ1) is 16.3. The van der Waals surface area contributed by atoms with Gasteiger partial charge in [-0.1, -0.05) is 72.4 Å². The van der Waals surface area contributed by atoms with Crippen LogP contribution >= 0.6 is 22.6 Å². The lowest BCUT2D eigenvalue weighted by Crippen LogP contribution is -2.31. The van der Waals surface area contributed by atoms with Gasteiger partial charge in [-0.3, -0.25) is 0 Å². The lowest BCUT2D eigenvalue weighted by Gasteiger charge is -2.38. The zero-order chi connectivity index (χ0) is 17.6. The van der Waals surface area contributed by atoms with Gasteiger partial charge in [-0.05, 0) is 88.2 Å². The third-order valence-corrected chi connectivity index (χ3v) is 6.60. The average Bonchev–Trinajstić information content (AvgIpc) is 3.00. The molecule has 0 fully saturated rings. The van der Waals surface area contributed by atoms with Gasteiger partial charge in [0, 0.05) is 3.57 Å². The Kier molecular flexibility index (Phi) is 4.00. The summed E-state index contributed by atoms with van der Waals surface area (Å²) in [5.41, 5.74) is 8.57. The van der Waals surface area contributed by atoms with Crippen molar-refractivity contribution < 1.29 is 0 Å². The van der Waals surface area contributed by atoms with E-state index < -0.39 is 0 Å². The molecule has 0 amide bonds. The molecule has 0 aliphatic heterocycles. The van der Waals surface area contributed by atoms with E-state index in [1.54, 1.807) is 0 Å². The van der Waals surface area contributed by atoms with Gasteiger partial charge >= 0.3 is 0 Å². The average molecular weight is 448 g/mol. The van der Waals surface area contributed by atoms with Crippen LogP contribution in [0.2, 0.25) is 0 Å². The van der Waals surface area contributed by atoms with Crippen LogP contribution in [0.1, 0.15) is 36.8 Å². The molecule has 0 bridgehead atoms. The molecule has 0 saturated carbocycles. The summed E-state index contributed by atoms with van der Waals surface area (Å²) in [4.78, 5) is 0. The Morgan fingerprint density at radius 2 is 1.73 bits per heavy atom. The van der Waals surface area contributed by atoms with Crippen molar-refractivity contribution in [2.45, 2.75) is 31.1 Å². The molecule has 2 aromatic carbocycles. The number of fused-ring (bicyclic) bond motifs is 3. The topological polar surface area (TPSA) is 0 Å². The van der Waals surface area contributed by atoms with Crippen molar-refractivity contribution in [3.63, 3.8) is 0 Å². The zero-order valence-electron chi connectivity index (χ0n) is 14.7. The van der Waals surface area contributed by atoms with E-state index in [0.29, 0.717) is 0 Å². The summed E-state index contributed by atoms with van der Waals surface area (Å²) in [5, 5.41) is 0. The predicted molar refractivity (Wildman–Crippen MR) is 118 cm³/mol. The summed E-state index contributed by atoms with van der Waals surface area (Å²) in [6, 6.07) is 16.0. The number of hydrogen-bond donors (Lipinski definition) is 0. The molecule has 1 heteroatoms. The fraction of sp³-hybridized carbons (Fsp3) is 0.200. The molecule has 0 aromatic heterocycles. The highest BCUT2D eigenvalue weighted by atomic mass is 127. The maximum absolute atomic E-state index is 2.48. The van der Waals surface area contributed by atoms with Gasteiger partial charge in [0.05, 0.1) is 5.41 Å². The maximum atomic E-state index is 2.48. The Hall–Kier alpha value is -1.87. The minimum absolute atomic E-state index is 0.130. The molecular formula is C25H21I. The van der Waals surface area contributed by atoms with Crippen molar-refractivity contribution >= 4 is 22.6 Å². The van der Waals surface area contributed by atoms with Gasteiger partial charge in [-0.25, -0.2) is 0 Å². The van der Waals surface area contributed by atoms with Crippen molar-refractivity contribution in [3.8, 4) is 11.1 Å². The highest BCUT2D eigenvalue weighted by Crippen LogP contribution is 2.58. The van der Waals surface area contributed by atoms with Crippen molar-refractivity contribution in [3.05, 3.63) is 105 Å². The van der Waals surface area contributed by atoms with E-state index in [9.17, 15) is 0 Å². The van der Waals surface area contributed by atoms with Crippen molar-refractivity contribution in [1.29, 1.82) is 0 Å². The Morgan fingerprint density at radius 3 is 2.54 bits per heavy atom. The summed E-state index contributed by atoms with van der Waals surface area (Å²) in [6.45, 7) is 0. The molecule has 0 N–H and O–H groups in total. The minimum Gasteiger partial charge on any atom is -0.0842 e. The normalized spacial score (nSPS) is 23.3. The van der Waals surface area contributed by atoms with Crippen LogP contribution in [0.15, 0.2) is 90.1 Å². The molecule has 0 saturated heterocycles. The Bertz CT molecular complexity index is 1000. The molecule has 0 spiro atoms. The fourth-order valence-electron chi connectivity index (χ4n) is 4.90. The Labute approximate surface area is 169 Å². The second-order valence-corrected chi connectivity index (χ2v) is 8.53. The fourth-order valence-corrected chi connectivity index (χ4v) is 5.39. The van der Waals surface area contributed by atoms with E-state index in [4.69, 9.17) is 0 Å². The Morgan fingerprint density at radius 1 is 0.846 bits per heavy atom. The summed E-state index contributed by atoms with van der Waals surface area (Å²) in [7, 11) is 0. The summed E-state index contributed by atoms with van der Waals surface area (Å²) in [6.07, 6.45) is 18.7. The maximum Gasteiger partial charge on any atom is 0.0673 e. The van der Waals surface area contributed by atoms with Gasteiger partial charge in [0.1, 0.15) is 0 Å². The molecule has 0 heterocycles. The van der Waals surface area contributed by atoms with Crippen LogP contribution in [-0.4, -0.2) is 0 Å². The highest BCUT2D eigenvalue weighted by Gasteiger charge is 2.47. The number of halogens is 1. The van der Waals surface area contributed by atoms with Crippen LogP contribution < -0.4 is 0 Å². The summed E-state index contributed by atoms with van der Waals surface area (Å²) in [5.74, 6) is 0. The lowest BCUT2D eigenvalue weighted by molar-refractivity contribution is 0.683. The molecule has 0 nitrogen and oxygen atoms in total. The van der Waals surface area contributed by atoms with Gasteiger partial charge in [-0.2, -0.15) is 0 Å². The second-order valence-electron chi connectivity index (χ2n) is 7.28. The van der Waals surface area contributed by atoms with Crippen molar-refractivity contribution in [2.24, 2.45) is 0 Å².